The van der Waals surface area contributed by atoms with Gasteiger partial charge >= 0.3 is 5.97 Å². The highest BCUT2D eigenvalue weighted by Gasteiger charge is 2.16. The van der Waals surface area contributed by atoms with E-state index < -0.39 is 5.97 Å². The van der Waals surface area contributed by atoms with Gasteiger partial charge in [-0.1, -0.05) is 0 Å². The Kier molecular flexibility index (Phi) is 5.15. The van der Waals surface area contributed by atoms with E-state index in [-0.39, 0.29) is 18.1 Å². The smallest absolute Gasteiger partial charge is 0.356 e. The third kappa shape index (κ3) is 3.97. The molecule has 0 unspecified atom stereocenters. The van der Waals surface area contributed by atoms with E-state index in [1.165, 1.54) is 16.9 Å². The Bertz CT molecular complexity index is 704. The van der Waals surface area contributed by atoms with Crippen LogP contribution in [0.25, 0.3) is 0 Å². The average Bonchev–Trinajstić information content (AvgIpc) is 3.11. The van der Waals surface area contributed by atoms with Crippen molar-refractivity contribution in [2.24, 2.45) is 0 Å². The third-order valence-corrected chi connectivity index (χ3v) is 3.62. The predicted octanol–water partition coefficient (Wildman–Crippen LogP) is 1.15. The molecule has 1 amide bonds. The number of aryl methyl sites for hydroxylation is 2. The molecule has 0 radical (unpaired) electrons. The van der Waals surface area contributed by atoms with Gasteiger partial charge in [-0.2, -0.15) is 10.2 Å². The van der Waals surface area contributed by atoms with E-state index >= 15 is 0 Å². The van der Waals surface area contributed by atoms with Crippen molar-refractivity contribution in [3.8, 4) is 0 Å². The van der Waals surface area contributed by atoms with Crippen LogP contribution in [0.4, 0.5) is 0 Å². The van der Waals surface area contributed by atoms with E-state index in [2.05, 4.69) is 10.2 Å². The molecular weight excluding hydrogens is 298 g/mol. The molecule has 0 bridgehead atoms. The lowest BCUT2D eigenvalue weighted by atomic mass is 10.2. The normalized spacial score (nSPS) is 10.7. The van der Waals surface area contributed by atoms with Gasteiger partial charge in [-0.3, -0.25) is 14.2 Å². The molecule has 1 N–H and O–H groups in total. The van der Waals surface area contributed by atoms with E-state index in [4.69, 9.17) is 5.11 Å². The van der Waals surface area contributed by atoms with Crippen molar-refractivity contribution in [3.63, 3.8) is 0 Å². The topological polar surface area (TPSA) is 93.2 Å². The summed E-state index contributed by atoms with van der Waals surface area (Å²) in [5.41, 5.74) is 1.85. The molecule has 124 valence electrons. The summed E-state index contributed by atoms with van der Waals surface area (Å²) in [6.45, 7) is 7.68. The van der Waals surface area contributed by atoms with Crippen LogP contribution in [0.5, 0.6) is 0 Å². The van der Waals surface area contributed by atoms with Crippen molar-refractivity contribution in [1.82, 2.24) is 24.5 Å². The molecule has 23 heavy (non-hydrogen) atoms. The molecule has 8 nitrogen and oxygen atoms in total. The molecule has 0 saturated carbocycles. The Balaban J connectivity index is 2.05. The van der Waals surface area contributed by atoms with Crippen molar-refractivity contribution in [2.45, 2.75) is 40.4 Å². The standard InChI is InChI=1S/C15H21N5O3/c1-4-18(8-12-9-19(5-2)16-11(12)3)14(21)10-20-7-6-13(17-20)15(22)23/h6-7,9H,4-5,8,10H2,1-3H3,(H,22,23). The molecule has 0 aliphatic carbocycles. The molecule has 2 heterocycles. The maximum atomic E-state index is 12.4. The SMILES string of the molecule is CCN(Cc1cn(CC)nc1C)C(=O)Cn1ccc(C(=O)O)n1. The number of carbonyl (C=O) groups is 2. The lowest BCUT2D eigenvalue weighted by molar-refractivity contribution is -0.132. The van der Waals surface area contributed by atoms with E-state index in [0.29, 0.717) is 13.1 Å². The van der Waals surface area contributed by atoms with Gasteiger partial charge in [0.05, 0.1) is 5.69 Å². The molecule has 2 rings (SSSR count). The number of carbonyl (C=O) groups excluding carboxylic acids is 1. The van der Waals surface area contributed by atoms with E-state index in [1.807, 2.05) is 31.6 Å². The first kappa shape index (κ1) is 16.7. The van der Waals surface area contributed by atoms with Gasteiger partial charge in [0.25, 0.3) is 0 Å². The highest BCUT2D eigenvalue weighted by atomic mass is 16.4. The summed E-state index contributed by atoms with van der Waals surface area (Å²) in [5.74, 6) is -1.22. The van der Waals surface area contributed by atoms with Gasteiger partial charge in [0.2, 0.25) is 5.91 Å². The fourth-order valence-electron chi connectivity index (χ4n) is 2.26. The summed E-state index contributed by atoms with van der Waals surface area (Å²) >= 11 is 0. The van der Waals surface area contributed by atoms with Crippen molar-refractivity contribution in [1.29, 1.82) is 0 Å². The summed E-state index contributed by atoms with van der Waals surface area (Å²) in [5, 5.41) is 17.1. The second-order valence-electron chi connectivity index (χ2n) is 5.21. The number of rotatable bonds is 7. The first-order chi connectivity index (χ1) is 10.9. The summed E-state index contributed by atoms with van der Waals surface area (Å²) in [6.07, 6.45) is 3.44. The molecule has 0 atom stereocenters. The highest BCUT2D eigenvalue weighted by molar-refractivity contribution is 5.85. The first-order valence-electron chi connectivity index (χ1n) is 7.52. The molecule has 0 fully saturated rings. The number of carboxylic acids is 1. The maximum absolute atomic E-state index is 12.4. The zero-order chi connectivity index (χ0) is 17.0. The number of nitrogens with zero attached hydrogens (tertiary/aromatic N) is 5. The van der Waals surface area contributed by atoms with Crippen LogP contribution in [-0.4, -0.2) is 48.0 Å². The van der Waals surface area contributed by atoms with Crippen LogP contribution in [0.2, 0.25) is 0 Å². The van der Waals surface area contributed by atoms with Crippen molar-refractivity contribution >= 4 is 11.9 Å². The molecule has 0 saturated heterocycles. The largest absolute Gasteiger partial charge is 0.476 e. The summed E-state index contributed by atoms with van der Waals surface area (Å²) < 4.78 is 3.19. The molecule has 8 heteroatoms. The fraction of sp³-hybridized carbons (Fsp3) is 0.467. The minimum Gasteiger partial charge on any atom is -0.476 e. The van der Waals surface area contributed by atoms with Gasteiger partial charge in [-0.25, -0.2) is 4.79 Å². The van der Waals surface area contributed by atoms with Crippen LogP contribution in [0.3, 0.4) is 0 Å². The molecule has 2 aromatic heterocycles. The van der Waals surface area contributed by atoms with Crippen LogP contribution >= 0.6 is 0 Å². The number of carboxylic acid groups (broad SMARTS) is 1. The van der Waals surface area contributed by atoms with Crippen LogP contribution in [0, 0.1) is 6.92 Å². The van der Waals surface area contributed by atoms with E-state index in [9.17, 15) is 9.59 Å². The Morgan fingerprint density at radius 1 is 1.26 bits per heavy atom. The first-order valence-corrected chi connectivity index (χ1v) is 7.52. The van der Waals surface area contributed by atoms with Crippen molar-refractivity contribution < 1.29 is 14.7 Å². The molecular formula is C15H21N5O3. The average molecular weight is 319 g/mol. The van der Waals surface area contributed by atoms with Gasteiger partial charge in [0, 0.05) is 37.6 Å². The number of likely N-dealkylation sites (N-methyl/N-ethyl adjacent to an activating group) is 1. The molecule has 2 aromatic rings. The Hall–Kier alpha value is -2.64. The van der Waals surface area contributed by atoms with E-state index in [0.717, 1.165) is 17.8 Å². The zero-order valence-corrected chi connectivity index (χ0v) is 13.6. The number of amides is 1. The van der Waals surface area contributed by atoms with E-state index in [1.54, 1.807) is 4.90 Å². The van der Waals surface area contributed by atoms with Crippen LogP contribution in [-0.2, 0) is 24.4 Å². The third-order valence-electron chi connectivity index (χ3n) is 3.62. The lowest BCUT2D eigenvalue weighted by Gasteiger charge is -2.20. The lowest BCUT2D eigenvalue weighted by Crippen LogP contribution is -2.33. The number of aromatic carboxylic acids is 1. The van der Waals surface area contributed by atoms with Gasteiger partial charge in [-0.15, -0.1) is 0 Å². The Labute approximate surface area is 134 Å². The number of hydrogen-bond acceptors (Lipinski definition) is 4. The van der Waals surface area contributed by atoms with Gasteiger partial charge < -0.3 is 10.0 Å². The summed E-state index contributed by atoms with van der Waals surface area (Å²) in [6, 6.07) is 1.38. The van der Waals surface area contributed by atoms with Crippen molar-refractivity contribution in [2.75, 3.05) is 6.54 Å². The Morgan fingerprint density at radius 3 is 2.52 bits per heavy atom. The predicted molar refractivity (Wildman–Crippen MR) is 82.9 cm³/mol. The van der Waals surface area contributed by atoms with Crippen LogP contribution in [0.1, 0.15) is 35.6 Å². The number of aromatic nitrogens is 4. The second kappa shape index (κ2) is 7.08. The summed E-state index contributed by atoms with van der Waals surface area (Å²) in [7, 11) is 0. The zero-order valence-electron chi connectivity index (χ0n) is 13.6. The van der Waals surface area contributed by atoms with Gasteiger partial charge in [-0.05, 0) is 26.8 Å². The molecule has 0 aliphatic heterocycles. The van der Waals surface area contributed by atoms with Gasteiger partial charge in [0.15, 0.2) is 5.69 Å². The number of hydrogen-bond donors (Lipinski definition) is 1. The van der Waals surface area contributed by atoms with Gasteiger partial charge in [0.1, 0.15) is 6.54 Å². The summed E-state index contributed by atoms with van der Waals surface area (Å²) in [4.78, 5) is 24.9. The van der Waals surface area contributed by atoms with Crippen LogP contribution < -0.4 is 0 Å². The molecule has 0 aromatic carbocycles. The quantitative estimate of drug-likeness (QED) is 0.826. The molecule has 0 aliphatic rings. The fourth-order valence-corrected chi connectivity index (χ4v) is 2.26. The minimum atomic E-state index is -1.11. The minimum absolute atomic E-state index is 0.0160. The monoisotopic (exact) mass is 319 g/mol. The molecule has 0 spiro atoms. The second-order valence-corrected chi connectivity index (χ2v) is 5.21. The Morgan fingerprint density at radius 2 is 2.00 bits per heavy atom. The van der Waals surface area contributed by atoms with Crippen molar-refractivity contribution in [3.05, 3.63) is 35.4 Å². The highest BCUT2D eigenvalue weighted by Crippen LogP contribution is 2.10. The van der Waals surface area contributed by atoms with Crippen LogP contribution in [0.15, 0.2) is 18.5 Å². The maximum Gasteiger partial charge on any atom is 0.356 e.